The molecular weight excluding hydrogens is 1010 g/mol. The third-order valence-electron chi connectivity index (χ3n) is 15.7. The zero-order valence-corrected chi connectivity index (χ0v) is 50.3. The van der Waals surface area contributed by atoms with Crippen molar-refractivity contribution in [1.82, 2.24) is 5.32 Å². The molecule has 0 spiro atoms. The highest BCUT2D eigenvalue weighted by Crippen LogP contribution is 2.30. The first kappa shape index (κ1) is 73.8. The Morgan fingerprint density at radius 3 is 1.31 bits per heavy atom. The summed E-state index contributed by atoms with van der Waals surface area (Å²) in [6.07, 6.45) is 49.8. The van der Waals surface area contributed by atoms with Crippen LogP contribution >= 0.6 is 0 Å². The van der Waals surface area contributed by atoms with E-state index in [-0.39, 0.29) is 18.9 Å². The van der Waals surface area contributed by atoms with Crippen LogP contribution in [0.1, 0.15) is 258 Å². The molecule has 466 valence electrons. The summed E-state index contributed by atoms with van der Waals surface area (Å²) in [6.45, 7) is 2.78. The molecule has 0 saturated carbocycles. The van der Waals surface area contributed by atoms with Crippen LogP contribution in [0.15, 0.2) is 60.8 Å². The summed E-state index contributed by atoms with van der Waals surface area (Å²) in [5, 5.41) is 87.2. The molecule has 14 nitrogen and oxygen atoms in total. The number of unbranched alkanes of at least 4 members (excludes halogenated alkanes) is 31. The van der Waals surface area contributed by atoms with E-state index in [0.29, 0.717) is 12.8 Å². The number of carbonyl (C=O) groups excluding carboxylic acids is 1. The predicted molar refractivity (Wildman–Crippen MR) is 323 cm³/mol. The van der Waals surface area contributed by atoms with Crippen molar-refractivity contribution in [3.63, 3.8) is 0 Å². The minimum atomic E-state index is -1.79. The third kappa shape index (κ3) is 35.7. The maximum Gasteiger partial charge on any atom is 0.220 e. The summed E-state index contributed by atoms with van der Waals surface area (Å²) in [7, 11) is 0. The van der Waals surface area contributed by atoms with E-state index in [4.69, 9.17) is 18.9 Å². The van der Waals surface area contributed by atoms with Crippen molar-refractivity contribution in [2.24, 2.45) is 0 Å². The van der Waals surface area contributed by atoms with Gasteiger partial charge >= 0.3 is 0 Å². The average molecular weight is 1130 g/mol. The molecule has 2 fully saturated rings. The van der Waals surface area contributed by atoms with Crippen molar-refractivity contribution in [2.45, 2.75) is 331 Å². The number of hydrogen-bond donors (Lipinski definition) is 9. The van der Waals surface area contributed by atoms with E-state index in [9.17, 15) is 45.6 Å². The monoisotopic (exact) mass is 1130 g/mol. The third-order valence-corrected chi connectivity index (χ3v) is 15.7. The quantitative estimate of drug-likeness (QED) is 0.0204. The number of allylic oxidation sites excluding steroid dienone is 9. The van der Waals surface area contributed by atoms with Gasteiger partial charge in [-0.25, -0.2) is 0 Å². The van der Waals surface area contributed by atoms with Crippen molar-refractivity contribution >= 4 is 5.91 Å². The van der Waals surface area contributed by atoms with Gasteiger partial charge in [0.15, 0.2) is 12.6 Å². The number of hydrogen-bond acceptors (Lipinski definition) is 13. The van der Waals surface area contributed by atoms with Crippen LogP contribution in [-0.4, -0.2) is 140 Å². The van der Waals surface area contributed by atoms with Gasteiger partial charge in [-0.15, -0.1) is 0 Å². The Hall–Kier alpha value is -2.31. The number of ether oxygens (including phenoxy) is 4. The van der Waals surface area contributed by atoms with Gasteiger partial charge in [0.2, 0.25) is 5.91 Å². The lowest BCUT2D eigenvalue weighted by Crippen LogP contribution is -2.65. The normalized spacial score (nSPS) is 24.6. The molecule has 1 amide bonds. The van der Waals surface area contributed by atoms with Crippen molar-refractivity contribution in [2.75, 3.05) is 19.8 Å². The zero-order chi connectivity index (χ0) is 58.1. The van der Waals surface area contributed by atoms with Crippen molar-refractivity contribution in [1.29, 1.82) is 0 Å². The minimum Gasteiger partial charge on any atom is -0.394 e. The number of amides is 1. The Morgan fingerprint density at radius 1 is 0.450 bits per heavy atom. The van der Waals surface area contributed by atoms with E-state index in [1.807, 2.05) is 6.08 Å². The SMILES string of the molecule is CCCCCCC/C=C\C/C=C\C/C=C\CCCCCCCCCCCCCCCCC(=O)NC(COC1OC(CO)C(OC2OC(CO)C(O)C(O)C2O)C(O)C1O)C(O)/C=C/CC/C=C/CCCCCCCCCCCCC. The molecule has 0 radical (unpaired) electrons. The highest BCUT2D eigenvalue weighted by atomic mass is 16.7. The molecule has 2 aliphatic heterocycles. The molecule has 0 aliphatic carbocycles. The van der Waals surface area contributed by atoms with Crippen LogP contribution in [0.2, 0.25) is 0 Å². The number of rotatable bonds is 52. The van der Waals surface area contributed by atoms with Crippen LogP contribution < -0.4 is 5.32 Å². The Bertz CT molecular complexity index is 1570. The Balaban J connectivity index is 1.70. The van der Waals surface area contributed by atoms with Crippen LogP contribution in [0, 0.1) is 0 Å². The number of aliphatic hydroxyl groups is 8. The van der Waals surface area contributed by atoms with Crippen LogP contribution in [0.4, 0.5) is 0 Å². The van der Waals surface area contributed by atoms with E-state index < -0.39 is 86.8 Å². The molecule has 0 aromatic rings. The molecule has 0 aromatic carbocycles. The summed E-state index contributed by atoms with van der Waals surface area (Å²) in [5.41, 5.74) is 0. The molecular formula is C66H119NO13. The van der Waals surface area contributed by atoms with E-state index in [1.165, 1.54) is 180 Å². The van der Waals surface area contributed by atoms with Gasteiger partial charge in [-0.1, -0.05) is 242 Å². The van der Waals surface area contributed by atoms with E-state index >= 15 is 0 Å². The van der Waals surface area contributed by atoms with Gasteiger partial charge in [-0.2, -0.15) is 0 Å². The first-order valence-corrected chi connectivity index (χ1v) is 32.5. The Morgan fingerprint density at radius 2 is 0.838 bits per heavy atom. The number of carbonyl (C=O) groups is 1. The van der Waals surface area contributed by atoms with Gasteiger partial charge in [-0.3, -0.25) is 4.79 Å². The molecule has 14 heteroatoms. The molecule has 80 heavy (non-hydrogen) atoms. The highest BCUT2D eigenvalue weighted by molar-refractivity contribution is 5.76. The smallest absolute Gasteiger partial charge is 0.220 e. The molecule has 2 heterocycles. The molecule has 2 aliphatic rings. The highest BCUT2D eigenvalue weighted by Gasteiger charge is 2.51. The molecule has 12 unspecified atom stereocenters. The molecule has 0 bridgehead atoms. The molecule has 2 saturated heterocycles. The predicted octanol–water partition coefficient (Wildman–Crippen LogP) is 12.1. The van der Waals surface area contributed by atoms with Gasteiger partial charge < -0.3 is 65.1 Å². The van der Waals surface area contributed by atoms with Crippen LogP contribution in [-0.2, 0) is 23.7 Å². The Labute approximate surface area is 486 Å². The van der Waals surface area contributed by atoms with Crippen LogP contribution in [0.3, 0.4) is 0 Å². The second kappa shape index (κ2) is 51.1. The van der Waals surface area contributed by atoms with E-state index in [2.05, 4.69) is 67.8 Å². The second-order valence-corrected chi connectivity index (χ2v) is 22.9. The van der Waals surface area contributed by atoms with Gasteiger partial charge in [0.25, 0.3) is 0 Å². The van der Waals surface area contributed by atoms with Crippen molar-refractivity contribution < 1.29 is 64.6 Å². The van der Waals surface area contributed by atoms with Gasteiger partial charge in [0, 0.05) is 6.42 Å². The maximum absolute atomic E-state index is 13.3. The Kier molecular flexibility index (Phi) is 47.2. The topological polar surface area (TPSA) is 228 Å². The average Bonchev–Trinajstić information content (AvgIpc) is 3.46. The lowest BCUT2D eigenvalue weighted by atomic mass is 9.97. The molecule has 12 atom stereocenters. The van der Waals surface area contributed by atoms with E-state index in [0.717, 1.165) is 44.9 Å². The lowest BCUT2D eigenvalue weighted by molar-refractivity contribution is -0.359. The molecule has 2 rings (SSSR count). The summed E-state index contributed by atoms with van der Waals surface area (Å²) in [6, 6.07) is -0.934. The summed E-state index contributed by atoms with van der Waals surface area (Å²) in [5.74, 6) is -0.250. The first-order valence-electron chi connectivity index (χ1n) is 32.5. The van der Waals surface area contributed by atoms with E-state index in [1.54, 1.807) is 6.08 Å². The van der Waals surface area contributed by atoms with Gasteiger partial charge in [0.05, 0.1) is 32.0 Å². The fraction of sp³-hybridized carbons (Fsp3) is 0.833. The van der Waals surface area contributed by atoms with Crippen molar-refractivity contribution in [3.05, 3.63) is 60.8 Å². The second-order valence-electron chi connectivity index (χ2n) is 22.9. The van der Waals surface area contributed by atoms with Crippen molar-refractivity contribution in [3.8, 4) is 0 Å². The fourth-order valence-corrected chi connectivity index (χ4v) is 10.4. The first-order chi connectivity index (χ1) is 39.1. The molecule has 9 N–H and O–H groups in total. The molecule has 0 aromatic heterocycles. The van der Waals surface area contributed by atoms with Gasteiger partial charge in [-0.05, 0) is 70.6 Å². The van der Waals surface area contributed by atoms with Crippen LogP contribution in [0.5, 0.6) is 0 Å². The minimum absolute atomic E-state index is 0.250. The van der Waals surface area contributed by atoms with Gasteiger partial charge in [0.1, 0.15) is 48.8 Å². The summed E-state index contributed by atoms with van der Waals surface area (Å²) < 4.78 is 22.8. The standard InChI is InChI=1S/C66H119NO13/c1-3-5-7-9-11-13-15-17-19-21-22-23-24-25-26-27-28-29-30-31-32-34-36-38-40-42-44-46-48-50-58(71)67-54(55(70)49-47-45-43-41-39-37-35-33-20-18-16-14-12-10-8-6-4-2)53-77-65-63(76)61(74)64(57(52-69)79-65)80-66-62(75)60(73)59(72)56(51-68)78-66/h15,17,21-22,24-25,39,41,47,49,54-57,59-66,68-70,72-76H,3-14,16,18-20,23,26-38,40,42-46,48,50-53H2,1-2H3,(H,67,71)/b17-15-,22-21-,25-24-,41-39+,49-47+. The largest absolute Gasteiger partial charge is 0.394 e. The summed E-state index contributed by atoms with van der Waals surface area (Å²) in [4.78, 5) is 13.3. The maximum atomic E-state index is 13.3. The lowest BCUT2D eigenvalue weighted by Gasteiger charge is -2.46. The number of aliphatic hydroxyl groups excluding tert-OH is 8. The fourth-order valence-electron chi connectivity index (χ4n) is 10.4. The number of nitrogens with one attached hydrogen (secondary N) is 1. The zero-order valence-electron chi connectivity index (χ0n) is 50.3. The summed E-state index contributed by atoms with van der Waals surface area (Å²) >= 11 is 0. The van der Waals surface area contributed by atoms with Crippen LogP contribution in [0.25, 0.3) is 0 Å².